The van der Waals surface area contributed by atoms with Crippen LogP contribution in [-0.2, 0) is 17.0 Å². The number of rotatable bonds is 2. The Labute approximate surface area is 145 Å². The molecule has 0 atom stereocenters. The van der Waals surface area contributed by atoms with Gasteiger partial charge in [-0.05, 0) is 24.3 Å². The summed E-state index contributed by atoms with van der Waals surface area (Å²) in [4.78, 5) is 8.76. The summed E-state index contributed by atoms with van der Waals surface area (Å²) in [6.45, 7) is 0. The van der Waals surface area contributed by atoms with Crippen LogP contribution in [0.25, 0.3) is 10.9 Å². The molecule has 22 heavy (non-hydrogen) atoms. The van der Waals surface area contributed by atoms with E-state index in [4.69, 9.17) is 18.6 Å². The molecule has 0 unspecified atom stereocenters. The van der Waals surface area contributed by atoms with Crippen LogP contribution in [0, 0.1) is 0 Å². The number of phenols is 1. The molecule has 0 aliphatic heterocycles. The second-order valence-corrected chi connectivity index (χ2v) is 6.82. The standard InChI is InChI=1S/C16H12N2O.2ClH.Ti/c19-15-9-2-1-5-13(15)11-18-14-8-3-6-12-7-4-10-17-16(12)14;;;/h1-11,19H;2*1H;/q;;;+2/p-2. The van der Waals surface area contributed by atoms with Gasteiger partial charge >= 0.3 is 35.6 Å². The number of para-hydroxylation sites is 2. The van der Waals surface area contributed by atoms with E-state index in [1.54, 1.807) is 24.5 Å². The van der Waals surface area contributed by atoms with Gasteiger partial charge in [0.05, 0.1) is 11.2 Å². The molecule has 0 radical (unpaired) electrons. The van der Waals surface area contributed by atoms with E-state index in [0.29, 0.717) is 5.56 Å². The van der Waals surface area contributed by atoms with Crippen LogP contribution in [0.5, 0.6) is 5.75 Å². The molecule has 1 N–H and O–H groups in total. The number of aromatic hydroxyl groups is 1. The zero-order chi connectivity index (χ0) is 15.8. The predicted octanol–water partition coefficient (Wildman–Crippen LogP) is 5.07. The van der Waals surface area contributed by atoms with Crippen molar-refractivity contribution in [1.82, 2.24) is 4.98 Å². The summed E-state index contributed by atoms with van der Waals surface area (Å²) in [5, 5.41) is 10.7. The van der Waals surface area contributed by atoms with E-state index in [2.05, 4.69) is 9.98 Å². The zero-order valence-corrected chi connectivity index (χ0v) is 14.5. The third-order valence-corrected chi connectivity index (χ3v) is 2.89. The zero-order valence-electron chi connectivity index (χ0n) is 11.4. The average molecular weight is 367 g/mol. The van der Waals surface area contributed by atoms with Gasteiger partial charge in [-0.2, -0.15) is 0 Å². The first-order valence-corrected chi connectivity index (χ1v) is 10.7. The molecule has 3 rings (SSSR count). The van der Waals surface area contributed by atoms with Gasteiger partial charge in [-0.15, -0.1) is 0 Å². The number of benzene rings is 2. The maximum absolute atomic E-state index is 9.69. The van der Waals surface area contributed by atoms with Crippen LogP contribution in [-0.4, -0.2) is 16.3 Å². The van der Waals surface area contributed by atoms with Crippen molar-refractivity contribution in [2.75, 3.05) is 0 Å². The molecule has 1 heterocycles. The summed E-state index contributed by atoms with van der Waals surface area (Å²) < 4.78 is 0. The van der Waals surface area contributed by atoms with E-state index in [0.717, 1.165) is 16.6 Å². The second-order valence-electron chi connectivity index (χ2n) is 4.24. The maximum atomic E-state index is 9.69. The molecule has 110 valence electrons. The molecule has 0 spiro atoms. The van der Waals surface area contributed by atoms with Gasteiger partial charge in [-0.3, -0.25) is 9.98 Å². The van der Waals surface area contributed by atoms with Crippen molar-refractivity contribution in [2.45, 2.75) is 0 Å². The number of hydrogen-bond donors (Lipinski definition) is 1. The summed E-state index contributed by atoms with van der Waals surface area (Å²) >= 11 is -0.556. The molecule has 0 aliphatic carbocycles. The van der Waals surface area contributed by atoms with Crippen LogP contribution in [0.3, 0.4) is 0 Å². The van der Waals surface area contributed by atoms with Gasteiger partial charge in [0.2, 0.25) is 0 Å². The normalized spacial score (nSPS) is 10.3. The summed E-state index contributed by atoms with van der Waals surface area (Å²) in [6.07, 6.45) is 3.40. The van der Waals surface area contributed by atoms with Gasteiger partial charge < -0.3 is 5.11 Å². The van der Waals surface area contributed by atoms with Crippen molar-refractivity contribution in [3.63, 3.8) is 0 Å². The third kappa shape index (κ3) is 4.55. The number of nitrogens with zero attached hydrogens (tertiary/aromatic N) is 2. The third-order valence-electron chi connectivity index (χ3n) is 2.89. The molecular formula is C16H12Cl2N2OTi. The average Bonchev–Trinajstić information content (AvgIpc) is 2.55. The molecule has 6 heteroatoms. The molecule has 0 fully saturated rings. The second kappa shape index (κ2) is 8.91. The van der Waals surface area contributed by atoms with Gasteiger partial charge in [0.25, 0.3) is 0 Å². The van der Waals surface area contributed by atoms with Crippen molar-refractivity contribution in [3.05, 3.63) is 66.4 Å². The first-order valence-electron chi connectivity index (χ1n) is 6.38. The Morgan fingerprint density at radius 3 is 2.50 bits per heavy atom. The van der Waals surface area contributed by atoms with Crippen LogP contribution < -0.4 is 0 Å². The summed E-state index contributed by atoms with van der Waals surface area (Å²) in [5.41, 5.74) is 2.34. The number of aromatic nitrogens is 1. The monoisotopic (exact) mass is 366 g/mol. The fourth-order valence-electron chi connectivity index (χ4n) is 1.93. The predicted molar refractivity (Wildman–Crippen MR) is 88.8 cm³/mol. The number of pyridine rings is 1. The van der Waals surface area contributed by atoms with Gasteiger partial charge in [0.15, 0.2) is 0 Å². The number of fused-ring (bicyclic) bond motifs is 1. The molecular weight excluding hydrogens is 355 g/mol. The Bertz CT molecular complexity index is 775. The molecule has 0 aliphatic rings. The van der Waals surface area contributed by atoms with Gasteiger partial charge in [-0.25, -0.2) is 0 Å². The van der Waals surface area contributed by atoms with E-state index >= 15 is 0 Å². The quantitative estimate of drug-likeness (QED) is 0.508. The number of phenolic OH excluding ortho intramolecular Hbond substituents is 1. The SMILES string of the molecule is Oc1ccccc1C=Nc1cccc2cccnc12.[Cl][Ti][Cl]. The fraction of sp³-hybridized carbons (Fsp3) is 0. The fourth-order valence-corrected chi connectivity index (χ4v) is 1.93. The minimum absolute atomic E-state index is 0.222. The van der Waals surface area contributed by atoms with Crippen LogP contribution in [0.4, 0.5) is 5.69 Å². The van der Waals surface area contributed by atoms with Crippen LogP contribution in [0.2, 0.25) is 0 Å². The van der Waals surface area contributed by atoms with Crippen molar-refractivity contribution in [1.29, 1.82) is 0 Å². The minimum atomic E-state index is -0.556. The molecule has 0 amide bonds. The Hall–Kier alpha value is -1.39. The Balaban J connectivity index is 0.000000545. The molecule has 3 aromatic rings. The van der Waals surface area contributed by atoms with E-state index < -0.39 is 17.0 Å². The van der Waals surface area contributed by atoms with Gasteiger partial charge in [0.1, 0.15) is 5.75 Å². The number of aliphatic imine (C=N–C) groups is 1. The van der Waals surface area contributed by atoms with Crippen LogP contribution in [0.15, 0.2) is 65.8 Å². The Kier molecular flexibility index (Phi) is 6.88. The van der Waals surface area contributed by atoms with E-state index in [9.17, 15) is 5.11 Å². The van der Waals surface area contributed by atoms with Crippen molar-refractivity contribution >= 4 is 41.4 Å². The molecule has 0 bridgehead atoms. The molecule has 3 nitrogen and oxygen atoms in total. The Morgan fingerprint density at radius 1 is 1.00 bits per heavy atom. The van der Waals surface area contributed by atoms with Crippen LogP contribution >= 0.6 is 18.6 Å². The van der Waals surface area contributed by atoms with Gasteiger partial charge in [0, 0.05) is 23.4 Å². The summed E-state index contributed by atoms with van der Waals surface area (Å²) in [6, 6.07) is 16.9. The molecule has 1 aromatic heterocycles. The van der Waals surface area contributed by atoms with Crippen LogP contribution in [0.1, 0.15) is 5.56 Å². The van der Waals surface area contributed by atoms with E-state index in [1.165, 1.54) is 0 Å². The summed E-state index contributed by atoms with van der Waals surface area (Å²) in [7, 11) is 9.78. The first kappa shape index (κ1) is 17.0. The van der Waals surface area contributed by atoms with Crippen molar-refractivity contribution in [3.8, 4) is 5.75 Å². The van der Waals surface area contributed by atoms with Gasteiger partial charge in [-0.1, -0.05) is 30.3 Å². The van der Waals surface area contributed by atoms with E-state index in [1.807, 2.05) is 42.5 Å². The molecule has 0 saturated carbocycles. The van der Waals surface area contributed by atoms with Crippen molar-refractivity contribution in [2.24, 2.45) is 4.99 Å². The summed E-state index contributed by atoms with van der Waals surface area (Å²) in [5.74, 6) is 0.222. The number of halogens is 2. The first-order chi connectivity index (χ1) is 10.8. The topological polar surface area (TPSA) is 45.5 Å². The number of hydrogen-bond acceptors (Lipinski definition) is 3. The Morgan fingerprint density at radius 2 is 1.73 bits per heavy atom. The molecule has 0 saturated heterocycles. The molecule has 2 aromatic carbocycles. The van der Waals surface area contributed by atoms with Crippen molar-refractivity contribution < 1.29 is 22.1 Å². The van der Waals surface area contributed by atoms with E-state index in [-0.39, 0.29) is 5.75 Å².